The number of hydrogen-bond donors (Lipinski definition) is 3. The maximum atomic E-state index is 13.7. The molecular weight excluding hydrogens is 1120 g/mol. The quantitative estimate of drug-likeness (QED) is 0.0716. The molecule has 0 spiro atoms. The zero-order valence-electron chi connectivity index (χ0n) is 49.4. The predicted octanol–water partition coefficient (Wildman–Crippen LogP) is 14.5. The normalized spacial score (nSPS) is 37.5. The molecule has 8 fully saturated rings. The van der Waals surface area contributed by atoms with Gasteiger partial charge < -0.3 is 10.2 Å². The van der Waals surface area contributed by atoms with Gasteiger partial charge in [0.1, 0.15) is 35.2 Å². The third kappa shape index (κ3) is 12.0. The molecule has 8 aliphatic carbocycles. The lowest BCUT2D eigenvalue weighted by Gasteiger charge is -2.61. The van der Waals surface area contributed by atoms with E-state index in [1.54, 1.807) is 39.7 Å². The summed E-state index contributed by atoms with van der Waals surface area (Å²) in [4.78, 5) is 46.6. The van der Waals surface area contributed by atoms with Gasteiger partial charge in [-0.25, -0.2) is 4.79 Å². The van der Waals surface area contributed by atoms with E-state index in [1.807, 2.05) is 38.1 Å². The molecule has 0 aliphatic heterocycles. The smallest absolute Gasteiger partial charge is 0.372 e. The molecule has 1 unspecified atom stereocenters. The van der Waals surface area contributed by atoms with Crippen LogP contribution in [-0.4, -0.2) is 90.9 Å². The maximum Gasteiger partial charge on any atom is 0.372 e. The lowest BCUT2D eigenvalue weighted by molar-refractivity contribution is -0.182. The Labute approximate surface area is 510 Å². The number of aliphatic hydroxyl groups is 2. The second kappa shape index (κ2) is 24.5. The van der Waals surface area contributed by atoms with Crippen LogP contribution in [0, 0.1) is 80.8 Å². The number of aromatic nitrogens is 6. The predicted molar refractivity (Wildman–Crippen MR) is 334 cm³/mol. The zero-order valence-corrected chi connectivity index (χ0v) is 51.8. The monoisotopic (exact) mass is 1210 g/mol. The van der Waals surface area contributed by atoms with Crippen LogP contribution in [0.4, 0.5) is 0 Å². The van der Waals surface area contributed by atoms with Crippen LogP contribution in [-0.2, 0) is 38.4 Å². The molecular formula is C67H95ClN6O8S2. The van der Waals surface area contributed by atoms with Crippen molar-refractivity contribution in [3.8, 4) is 0 Å². The fraction of sp³-hybridized carbons (Fsp3) is 0.687. The Hall–Kier alpha value is -4.06. The average Bonchev–Trinajstić information content (AvgIpc) is 1.37. The van der Waals surface area contributed by atoms with Crippen molar-refractivity contribution in [3.05, 3.63) is 71.2 Å². The number of Topliss-reactive ketones (excluding diaryl/α,β-unsaturated/α-hetero) is 2. The number of nitrogens with zero attached hydrogens (tertiary/aromatic N) is 6. The van der Waals surface area contributed by atoms with Gasteiger partial charge in [0.2, 0.25) is 0 Å². The summed E-state index contributed by atoms with van der Waals surface area (Å²) >= 11 is 7.25. The van der Waals surface area contributed by atoms with E-state index in [-0.39, 0.29) is 55.4 Å². The highest BCUT2D eigenvalue weighted by molar-refractivity contribution is 7.98. The summed E-state index contributed by atoms with van der Waals surface area (Å²) in [6.45, 7) is 14.5. The van der Waals surface area contributed by atoms with Crippen molar-refractivity contribution >= 4 is 73.8 Å². The fourth-order valence-corrected chi connectivity index (χ4v) is 20.6. The molecule has 3 aromatic carbocycles. The van der Waals surface area contributed by atoms with Crippen molar-refractivity contribution in [1.29, 1.82) is 0 Å². The lowest BCUT2D eigenvalue weighted by Crippen LogP contribution is -2.55. The molecule has 0 amide bonds. The van der Waals surface area contributed by atoms with Crippen LogP contribution in [0.3, 0.4) is 0 Å². The van der Waals surface area contributed by atoms with Crippen molar-refractivity contribution < 1.29 is 39.0 Å². The van der Waals surface area contributed by atoms with Gasteiger partial charge in [0.05, 0.1) is 16.8 Å². The molecule has 17 atom stereocenters. The summed E-state index contributed by atoms with van der Waals surface area (Å²) in [6, 6.07) is 17.7. The fourth-order valence-electron chi connectivity index (χ4n) is 19.4. The number of carbonyl (C=O) groups excluding carboxylic acids is 3. The molecule has 8 saturated carbocycles. The Balaban J connectivity index is 0.000000168. The van der Waals surface area contributed by atoms with E-state index >= 15 is 0 Å². The van der Waals surface area contributed by atoms with Crippen molar-refractivity contribution in [1.82, 2.24) is 30.0 Å². The third-order valence-electron chi connectivity index (χ3n) is 23.8. The summed E-state index contributed by atoms with van der Waals surface area (Å²) in [6.07, 6.45) is 24.0. The number of thioether (sulfide) groups is 1. The standard InChI is InChI=1S/C29H41N3O3S.C29H41N3O2S.C7H5ClO3.2CH4/c1-27(34)13-14-28(2)18(16-27)5-7-20-21-8-9-23(29(21,3)12-11-22(20)28)26(33)17-32-30-24-10-6-19(36(4)35)15-25(24)31-32;1-27(34)13-14-28(2)18(16-27)5-7-20-21-8-9-23(29(21,3)12-11-22(20)28)26(33)17-32-30-24-10-6-19(35-4)15-25(24)31-32;8-6-3-1-2-5(4-6)7(9)11-10;;/h6,10,15,18,20-23,34H,5,7-9,11-14,16-17H2,1-4H3;6,10,15,18,20-23,34H,5,7-9,11-14,16-17H2,1-4H3;1-4,10H;2*1H4/t18-,20+,21+,22+,23-,27-,28+,29+,36?;18-,20+,21+,22+,23-,27-,28+,29+;;;/m11.../s1. The first-order valence-corrected chi connectivity index (χ1v) is 33.7. The minimum Gasteiger partial charge on any atom is -0.390 e. The van der Waals surface area contributed by atoms with Crippen molar-refractivity contribution in [2.75, 3.05) is 12.5 Å². The van der Waals surface area contributed by atoms with Gasteiger partial charge in [0, 0.05) is 43.7 Å². The van der Waals surface area contributed by atoms with Crippen molar-refractivity contribution in [3.63, 3.8) is 0 Å². The molecule has 17 heteroatoms. The van der Waals surface area contributed by atoms with Crippen LogP contribution in [0.15, 0.2) is 70.5 Å². The number of fused-ring (bicyclic) bond motifs is 12. The number of benzene rings is 3. The minimum atomic E-state index is -1.07. The number of carbonyl (C=O) groups is 3. The van der Waals surface area contributed by atoms with Crippen LogP contribution in [0.2, 0.25) is 5.02 Å². The Kier molecular flexibility index (Phi) is 18.8. The molecule has 13 rings (SSSR count). The molecule has 5 aromatic rings. The lowest BCUT2D eigenvalue weighted by atomic mass is 9.44. The van der Waals surface area contributed by atoms with E-state index in [4.69, 9.17) is 16.9 Å². The van der Waals surface area contributed by atoms with Gasteiger partial charge >= 0.3 is 5.97 Å². The van der Waals surface area contributed by atoms with E-state index < -0.39 is 28.0 Å². The topological polar surface area (TPSA) is 200 Å². The van der Waals surface area contributed by atoms with Crippen LogP contribution < -0.4 is 0 Å². The van der Waals surface area contributed by atoms with Crippen molar-refractivity contribution in [2.45, 2.75) is 206 Å². The first kappa shape index (κ1) is 64.4. The van der Waals surface area contributed by atoms with E-state index in [0.717, 1.165) is 103 Å². The highest BCUT2D eigenvalue weighted by Crippen LogP contribution is 2.70. The summed E-state index contributed by atoms with van der Waals surface area (Å²) in [5, 5.41) is 48.3. The molecule has 2 aromatic heterocycles. The van der Waals surface area contributed by atoms with E-state index in [1.165, 1.54) is 68.4 Å². The number of rotatable bonds is 9. The molecule has 3 N–H and O–H groups in total. The largest absolute Gasteiger partial charge is 0.390 e. The number of ketones is 2. The number of hydrogen-bond acceptors (Lipinski definition) is 13. The second-order valence-electron chi connectivity index (χ2n) is 28.3. The van der Waals surface area contributed by atoms with Gasteiger partial charge in [0.25, 0.3) is 0 Å². The molecule has 460 valence electrons. The van der Waals surface area contributed by atoms with Crippen LogP contribution >= 0.6 is 23.4 Å². The summed E-state index contributed by atoms with van der Waals surface area (Å²) in [5.74, 6) is 5.50. The highest BCUT2D eigenvalue weighted by Gasteiger charge is 2.63. The first-order chi connectivity index (χ1) is 38.9. The number of halogens is 1. The Morgan fingerprint density at radius 3 is 1.52 bits per heavy atom. The molecule has 0 radical (unpaired) electrons. The van der Waals surface area contributed by atoms with Gasteiger partial charge in [0.15, 0.2) is 11.6 Å². The molecule has 0 bridgehead atoms. The van der Waals surface area contributed by atoms with Gasteiger partial charge in [-0.3, -0.25) is 18.7 Å². The summed E-state index contributed by atoms with van der Waals surface area (Å²) < 4.78 is 11.8. The maximum absolute atomic E-state index is 13.7. The SMILES string of the molecule is C.C.CS(=O)c1ccc2nn(CC(=O)[C@H]3CC[C@H]4[C@@H]5CC[C@@H]6C[C@](C)(O)CC[C@]6(C)[C@H]5CC[C@]34C)nc2c1.CSc1ccc2nn(CC(=O)[C@H]3CC[C@H]4[C@@H]5CC[C@@H]6C[C@](C)(O)CC[C@]6(C)[C@H]5CC[C@]34C)nc2c1.O=C(OO)c1cccc(Cl)c1. The Morgan fingerprint density at radius 1 is 0.595 bits per heavy atom. The van der Waals surface area contributed by atoms with Gasteiger partial charge in [-0.05, 0) is 259 Å². The third-order valence-corrected chi connectivity index (χ3v) is 25.7. The molecule has 2 heterocycles. The summed E-state index contributed by atoms with van der Waals surface area (Å²) in [5.41, 5.74) is 3.31. The van der Waals surface area contributed by atoms with Crippen LogP contribution in [0.25, 0.3) is 22.1 Å². The molecule has 84 heavy (non-hydrogen) atoms. The Bertz CT molecular complexity index is 3260. The highest BCUT2D eigenvalue weighted by atomic mass is 35.5. The first-order valence-electron chi connectivity index (χ1n) is 30.6. The second-order valence-corrected chi connectivity index (χ2v) is 31.0. The van der Waals surface area contributed by atoms with E-state index in [2.05, 4.69) is 71.4 Å². The van der Waals surface area contributed by atoms with Crippen LogP contribution in [0.1, 0.15) is 182 Å². The molecule has 8 aliphatic rings. The summed E-state index contributed by atoms with van der Waals surface area (Å²) in [7, 11) is -1.07. The van der Waals surface area contributed by atoms with Crippen LogP contribution in [0.5, 0.6) is 0 Å². The Morgan fingerprint density at radius 2 is 1.06 bits per heavy atom. The van der Waals surface area contributed by atoms with Crippen molar-refractivity contribution in [2.24, 2.45) is 80.8 Å². The molecule has 0 saturated heterocycles. The molecule has 14 nitrogen and oxygen atoms in total. The van der Waals surface area contributed by atoms with Gasteiger partial charge in [-0.15, -0.1) is 11.8 Å². The zero-order chi connectivity index (χ0) is 58.3. The average molecular weight is 1210 g/mol. The van der Waals surface area contributed by atoms with E-state index in [9.17, 15) is 28.8 Å². The van der Waals surface area contributed by atoms with E-state index in [0.29, 0.717) is 63.3 Å². The van der Waals surface area contributed by atoms with Gasteiger partial charge in [-0.2, -0.15) is 35.2 Å². The van der Waals surface area contributed by atoms with Gasteiger partial charge in [-0.1, -0.05) is 60.2 Å². The minimum absolute atomic E-state index is 0.